The second-order valence-corrected chi connectivity index (χ2v) is 5.81. The van der Waals surface area contributed by atoms with Gasteiger partial charge >= 0.3 is 0 Å². The van der Waals surface area contributed by atoms with E-state index in [1.807, 2.05) is 30.3 Å². The molecule has 3 aromatic rings. The molecule has 2 N–H and O–H groups in total. The summed E-state index contributed by atoms with van der Waals surface area (Å²) in [5, 5.41) is 14.7. The van der Waals surface area contributed by atoms with Crippen molar-refractivity contribution >= 4 is 17.5 Å². The van der Waals surface area contributed by atoms with E-state index in [-0.39, 0.29) is 6.04 Å². The Morgan fingerprint density at radius 3 is 2.54 bits per heavy atom. The van der Waals surface area contributed by atoms with E-state index >= 15 is 0 Å². The molecular formula is C19H21N5. The van der Waals surface area contributed by atoms with Gasteiger partial charge in [-0.1, -0.05) is 42.5 Å². The van der Waals surface area contributed by atoms with Crippen LogP contribution < -0.4 is 10.6 Å². The molecule has 0 bridgehead atoms. The van der Waals surface area contributed by atoms with Crippen molar-refractivity contribution in [2.24, 2.45) is 0 Å². The summed E-state index contributed by atoms with van der Waals surface area (Å²) in [4.78, 5) is 4.51. The van der Waals surface area contributed by atoms with Crippen LogP contribution in [0.1, 0.15) is 29.7 Å². The summed E-state index contributed by atoms with van der Waals surface area (Å²) in [5.74, 6) is 1.17. The van der Waals surface area contributed by atoms with Crippen LogP contribution in [-0.2, 0) is 0 Å². The molecule has 5 heteroatoms. The van der Waals surface area contributed by atoms with Gasteiger partial charge in [-0.3, -0.25) is 0 Å². The highest BCUT2D eigenvalue weighted by Gasteiger charge is 2.08. The number of aromatic nitrogens is 3. The summed E-state index contributed by atoms with van der Waals surface area (Å²) < 4.78 is 0. The SMILES string of the molecule is Cc1cccc(Nc2nncc(NC(C)c3ccccc3)n2)c1C. The molecule has 0 saturated carbocycles. The molecule has 1 heterocycles. The van der Waals surface area contributed by atoms with Gasteiger partial charge in [-0.2, -0.15) is 10.1 Å². The minimum Gasteiger partial charge on any atom is -0.362 e. The van der Waals surface area contributed by atoms with Crippen LogP contribution in [0.25, 0.3) is 0 Å². The van der Waals surface area contributed by atoms with E-state index in [1.54, 1.807) is 6.20 Å². The van der Waals surface area contributed by atoms with Crippen LogP contribution in [0.5, 0.6) is 0 Å². The molecule has 0 fully saturated rings. The van der Waals surface area contributed by atoms with Crippen molar-refractivity contribution in [3.63, 3.8) is 0 Å². The zero-order valence-corrected chi connectivity index (χ0v) is 14.1. The van der Waals surface area contributed by atoms with Crippen molar-refractivity contribution in [2.75, 3.05) is 10.6 Å². The van der Waals surface area contributed by atoms with E-state index in [0.717, 1.165) is 5.69 Å². The van der Waals surface area contributed by atoms with Crippen molar-refractivity contribution in [3.8, 4) is 0 Å². The molecule has 0 radical (unpaired) electrons. The fourth-order valence-corrected chi connectivity index (χ4v) is 2.48. The van der Waals surface area contributed by atoms with Crippen LogP contribution in [-0.4, -0.2) is 15.2 Å². The average Bonchev–Trinajstić information content (AvgIpc) is 2.60. The second-order valence-electron chi connectivity index (χ2n) is 5.81. The first kappa shape index (κ1) is 15.9. The van der Waals surface area contributed by atoms with Gasteiger partial charge in [-0.15, -0.1) is 5.10 Å². The van der Waals surface area contributed by atoms with E-state index < -0.39 is 0 Å². The van der Waals surface area contributed by atoms with Crippen LogP contribution >= 0.6 is 0 Å². The number of benzene rings is 2. The fraction of sp³-hybridized carbons (Fsp3) is 0.211. The Morgan fingerprint density at radius 1 is 0.958 bits per heavy atom. The number of nitrogens with zero attached hydrogens (tertiary/aromatic N) is 3. The van der Waals surface area contributed by atoms with E-state index in [2.05, 4.69) is 64.8 Å². The predicted molar refractivity (Wildman–Crippen MR) is 97.5 cm³/mol. The predicted octanol–water partition coefficient (Wildman–Crippen LogP) is 4.41. The third-order valence-electron chi connectivity index (χ3n) is 4.07. The van der Waals surface area contributed by atoms with Gasteiger partial charge in [0.15, 0.2) is 5.82 Å². The van der Waals surface area contributed by atoms with Crippen LogP contribution in [0, 0.1) is 13.8 Å². The van der Waals surface area contributed by atoms with E-state index in [0.29, 0.717) is 11.8 Å². The Hall–Kier alpha value is -2.95. The van der Waals surface area contributed by atoms with Crippen LogP contribution in [0.2, 0.25) is 0 Å². The summed E-state index contributed by atoms with van der Waals surface area (Å²) in [5.41, 5.74) is 4.59. The van der Waals surface area contributed by atoms with E-state index in [9.17, 15) is 0 Å². The van der Waals surface area contributed by atoms with E-state index in [1.165, 1.54) is 16.7 Å². The zero-order valence-electron chi connectivity index (χ0n) is 14.1. The molecule has 0 spiro atoms. The molecule has 1 unspecified atom stereocenters. The number of aryl methyl sites for hydroxylation is 1. The van der Waals surface area contributed by atoms with Gasteiger partial charge in [-0.05, 0) is 43.5 Å². The van der Waals surface area contributed by atoms with Crippen molar-refractivity contribution in [1.82, 2.24) is 15.2 Å². The molecule has 5 nitrogen and oxygen atoms in total. The monoisotopic (exact) mass is 319 g/mol. The Kier molecular flexibility index (Phi) is 4.70. The molecule has 24 heavy (non-hydrogen) atoms. The number of nitrogens with one attached hydrogen (secondary N) is 2. The maximum absolute atomic E-state index is 4.51. The van der Waals surface area contributed by atoms with Crippen molar-refractivity contribution in [2.45, 2.75) is 26.8 Å². The lowest BCUT2D eigenvalue weighted by molar-refractivity contribution is 0.861. The first-order chi connectivity index (χ1) is 11.6. The van der Waals surface area contributed by atoms with Crippen LogP contribution in [0.3, 0.4) is 0 Å². The first-order valence-electron chi connectivity index (χ1n) is 7.98. The molecule has 0 amide bonds. The normalized spacial score (nSPS) is 11.8. The highest BCUT2D eigenvalue weighted by Crippen LogP contribution is 2.22. The first-order valence-corrected chi connectivity index (χ1v) is 7.98. The summed E-state index contributed by atoms with van der Waals surface area (Å²) in [6, 6.07) is 16.5. The Labute approximate surface area is 142 Å². The molecule has 0 aliphatic carbocycles. The molecule has 1 atom stereocenters. The number of anilines is 3. The molecule has 122 valence electrons. The topological polar surface area (TPSA) is 62.7 Å². The van der Waals surface area contributed by atoms with Crippen LogP contribution in [0.4, 0.5) is 17.5 Å². The van der Waals surface area contributed by atoms with Crippen molar-refractivity contribution < 1.29 is 0 Å². The molecular weight excluding hydrogens is 298 g/mol. The minimum absolute atomic E-state index is 0.136. The third kappa shape index (κ3) is 3.68. The highest BCUT2D eigenvalue weighted by atomic mass is 15.3. The number of hydrogen-bond donors (Lipinski definition) is 2. The van der Waals surface area contributed by atoms with Gasteiger partial charge in [0, 0.05) is 11.7 Å². The summed E-state index contributed by atoms with van der Waals surface area (Å²) in [6.45, 7) is 6.25. The van der Waals surface area contributed by atoms with Gasteiger partial charge in [0.25, 0.3) is 0 Å². The molecule has 0 aliphatic rings. The molecule has 2 aromatic carbocycles. The summed E-state index contributed by atoms with van der Waals surface area (Å²) >= 11 is 0. The lowest BCUT2D eigenvalue weighted by atomic mass is 10.1. The Morgan fingerprint density at radius 2 is 1.75 bits per heavy atom. The molecule has 0 aliphatic heterocycles. The van der Waals surface area contributed by atoms with Gasteiger partial charge in [-0.25, -0.2) is 0 Å². The fourth-order valence-electron chi connectivity index (χ4n) is 2.48. The standard InChI is InChI=1S/C19H21N5/c1-13-8-7-11-17(14(13)2)22-19-23-18(12-20-24-19)21-15(3)16-9-5-4-6-10-16/h4-12,15H,1-3H3,(H2,21,22,23,24). The third-order valence-corrected chi connectivity index (χ3v) is 4.07. The lowest BCUT2D eigenvalue weighted by Gasteiger charge is -2.15. The Bertz CT molecular complexity index is 817. The summed E-state index contributed by atoms with van der Waals surface area (Å²) in [7, 11) is 0. The Balaban J connectivity index is 1.76. The average molecular weight is 319 g/mol. The van der Waals surface area contributed by atoms with Crippen molar-refractivity contribution in [1.29, 1.82) is 0 Å². The number of hydrogen-bond acceptors (Lipinski definition) is 5. The van der Waals surface area contributed by atoms with Crippen molar-refractivity contribution in [3.05, 3.63) is 71.4 Å². The quantitative estimate of drug-likeness (QED) is 0.729. The van der Waals surface area contributed by atoms with Gasteiger partial charge in [0.2, 0.25) is 5.95 Å². The molecule has 0 saturated heterocycles. The largest absolute Gasteiger partial charge is 0.362 e. The molecule has 1 aromatic heterocycles. The maximum atomic E-state index is 4.51. The lowest BCUT2D eigenvalue weighted by Crippen LogP contribution is -2.10. The van der Waals surface area contributed by atoms with Gasteiger partial charge in [0.1, 0.15) is 0 Å². The minimum atomic E-state index is 0.136. The molecule has 3 rings (SSSR count). The zero-order chi connectivity index (χ0) is 16.9. The van der Waals surface area contributed by atoms with E-state index in [4.69, 9.17) is 0 Å². The van der Waals surface area contributed by atoms with Crippen LogP contribution in [0.15, 0.2) is 54.7 Å². The van der Waals surface area contributed by atoms with Gasteiger partial charge in [0.05, 0.1) is 6.20 Å². The van der Waals surface area contributed by atoms with Gasteiger partial charge < -0.3 is 10.6 Å². The smallest absolute Gasteiger partial charge is 0.249 e. The highest BCUT2D eigenvalue weighted by molar-refractivity contribution is 5.60. The number of rotatable bonds is 5. The summed E-state index contributed by atoms with van der Waals surface area (Å²) in [6.07, 6.45) is 1.63. The maximum Gasteiger partial charge on any atom is 0.249 e. The second kappa shape index (κ2) is 7.08.